The maximum absolute atomic E-state index is 6.18. The fourth-order valence-electron chi connectivity index (χ4n) is 1.92. The third-order valence-electron chi connectivity index (χ3n) is 2.81. The average molecular weight is 269 g/mol. The van der Waals surface area contributed by atoms with Crippen LogP contribution in [0.5, 0.6) is 5.88 Å². The number of hydrogen-bond acceptors (Lipinski definition) is 4. The predicted octanol–water partition coefficient (Wildman–Crippen LogP) is 2.93. The van der Waals surface area contributed by atoms with Crippen molar-refractivity contribution in [1.82, 2.24) is 19.5 Å². The van der Waals surface area contributed by atoms with Gasteiger partial charge in [0, 0.05) is 6.54 Å². The van der Waals surface area contributed by atoms with Crippen LogP contribution in [0, 0.1) is 0 Å². The van der Waals surface area contributed by atoms with Crippen LogP contribution in [0.3, 0.4) is 0 Å². The lowest BCUT2D eigenvalue weighted by Crippen LogP contribution is -2.05. The van der Waals surface area contributed by atoms with Crippen LogP contribution in [0.25, 0.3) is 11.2 Å². The van der Waals surface area contributed by atoms with E-state index in [0.29, 0.717) is 11.4 Å². The van der Waals surface area contributed by atoms with E-state index in [9.17, 15) is 0 Å². The van der Waals surface area contributed by atoms with Crippen molar-refractivity contribution in [2.24, 2.45) is 0 Å². The smallest absolute Gasteiger partial charge is 0.245 e. The number of halogens is 1. The van der Waals surface area contributed by atoms with E-state index in [1.54, 1.807) is 7.11 Å². The van der Waals surface area contributed by atoms with Crippen molar-refractivity contribution in [2.75, 3.05) is 7.11 Å². The first-order chi connectivity index (χ1) is 8.69. The molecule has 2 aromatic heterocycles. The third-order valence-corrected chi connectivity index (χ3v) is 3.01. The van der Waals surface area contributed by atoms with Gasteiger partial charge in [-0.05, 0) is 13.3 Å². The summed E-state index contributed by atoms with van der Waals surface area (Å²) < 4.78 is 7.27. The quantitative estimate of drug-likeness (QED) is 0.783. The number of nitrogens with zero attached hydrogens (tertiary/aromatic N) is 4. The van der Waals surface area contributed by atoms with Crippen molar-refractivity contribution in [1.29, 1.82) is 0 Å². The van der Waals surface area contributed by atoms with Gasteiger partial charge in [-0.1, -0.05) is 13.3 Å². The molecule has 0 aliphatic heterocycles. The average Bonchev–Trinajstić information content (AvgIpc) is 2.75. The third kappa shape index (κ3) is 2.27. The van der Waals surface area contributed by atoms with Gasteiger partial charge < -0.3 is 9.30 Å². The summed E-state index contributed by atoms with van der Waals surface area (Å²) in [7, 11) is 1.58. The molecular formula is C12H17ClN4O. The number of imidazole rings is 1. The fraction of sp³-hybridized carbons (Fsp3) is 0.583. The van der Waals surface area contributed by atoms with E-state index >= 15 is 0 Å². The molecule has 0 aromatic carbocycles. The second-order valence-corrected chi connectivity index (χ2v) is 4.80. The number of methoxy groups -OCH3 is 1. The number of unbranched alkanes of at least 4 members (excludes halogenated alkanes) is 1. The summed E-state index contributed by atoms with van der Waals surface area (Å²) in [6.07, 6.45) is 3.67. The summed E-state index contributed by atoms with van der Waals surface area (Å²) in [4.78, 5) is 12.9. The number of alkyl halides is 1. The Bertz CT molecular complexity index is 538. The summed E-state index contributed by atoms with van der Waals surface area (Å²) in [5, 5.41) is -0.166. The normalized spacial score (nSPS) is 12.9. The number of fused-ring (bicyclic) bond motifs is 1. The van der Waals surface area contributed by atoms with E-state index in [2.05, 4.69) is 26.4 Å². The first-order valence-electron chi connectivity index (χ1n) is 6.08. The largest absolute Gasteiger partial charge is 0.479 e. The summed E-state index contributed by atoms with van der Waals surface area (Å²) >= 11 is 6.18. The van der Waals surface area contributed by atoms with Gasteiger partial charge in [0.25, 0.3) is 0 Å². The lowest BCUT2D eigenvalue weighted by molar-refractivity contribution is 0.401. The maximum Gasteiger partial charge on any atom is 0.245 e. The lowest BCUT2D eigenvalue weighted by Gasteiger charge is -2.08. The SMILES string of the molecule is CCCCn1c(C(C)Cl)nc2c(OC)ncnc21. The molecule has 0 fully saturated rings. The highest BCUT2D eigenvalue weighted by atomic mass is 35.5. The minimum atomic E-state index is -0.166. The maximum atomic E-state index is 6.18. The molecule has 1 unspecified atom stereocenters. The summed E-state index contributed by atoms with van der Waals surface area (Å²) in [6.45, 7) is 4.92. The number of ether oxygens (including phenoxy) is 1. The van der Waals surface area contributed by atoms with Crippen LogP contribution in [0.1, 0.15) is 37.9 Å². The molecule has 0 radical (unpaired) electrons. The molecule has 0 aliphatic carbocycles. The van der Waals surface area contributed by atoms with Gasteiger partial charge in [-0.2, -0.15) is 4.98 Å². The van der Waals surface area contributed by atoms with E-state index in [-0.39, 0.29) is 5.38 Å². The van der Waals surface area contributed by atoms with Crippen LogP contribution < -0.4 is 4.74 Å². The molecule has 2 aromatic rings. The summed E-state index contributed by atoms with van der Waals surface area (Å²) in [5.41, 5.74) is 1.47. The minimum absolute atomic E-state index is 0.166. The Balaban J connectivity index is 2.59. The van der Waals surface area contributed by atoms with E-state index < -0.39 is 0 Å². The summed E-state index contributed by atoms with van der Waals surface area (Å²) in [6, 6.07) is 0. The molecule has 0 aliphatic rings. The molecule has 0 N–H and O–H groups in total. The zero-order valence-corrected chi connectivity index (χ0v) is 11.6. The molecular weight excluding hydrogens is 252 g/mol. The van der Waals surface area contributed by atoms with Crippen molar-refractivity contribution < 1.29 is 4.74 Å². The minimum Gasteiger partial charge on any atom is -0.479 e. The van der Waals surface area contributed by atoms with Gasteiger partial charge in [0.1, 0.15) is 12.2 Å². The van der Waals surface area contributed by atoms with Gasteiger partial charge >= 0.3 is 0 Å². The van der Waals surface area contributed by atoms with Crippen molar-refractivity contribution in [3.63, 3.8) is 0 Å². The van der Waals surface area contributed by atoms with E-state index in [1.165, 1.54) is 6.33 Å². The molecule has 1 atom stereocenters. The topological polar surface area (TPSA) is 52.8 Å². The van der Waals surface area contributed by atoms with E-state index in [1.807, 2.05) is 6.92 Å². The molecule has 0 saturated carbocycles. The standard InChI is InChI=1S/C12H17ClN4O/c1-4-5-6-17-10(8(2)13)16-9-11(17)14-7-15-12(9)18-3/h7-8H,4-6H2,1-3H3. The molecule has 0 bridgehead atoms. The van der Waals surface area contributed by atoms with Gasteiger partial charge in [-0.15, -0.1) is 11.6 Å². The number of hydrogen-bond donors (Lipinski definition) is 0. The molecule has 6 heteroatoms. The Kier molecular flexibility index (Phi) is 4.01. The second kappa shape index (κ2) is 5.52. The van der Waals surface area contributed by atoms with Crippen LogP contribution in [0.2, 0.25) is 0 Å². The van der Waals surface area contributed by atoms with Crippen molar-refractivity contribution in [3.8, 4) is 5.88 Å². The van der Waals surface area contributed by atoms with Crippen LogP contribution in [-0.2, 0) is 6.54 Å². The van der Waals surface area contributed by atoms with Crippen molar-refractivity contribution >= 4 is 22.8 Å². The van der Waals surface area contributed by atoms with Gasteiger partial charge in [-0.25, -0.2) is 9.97 Å². The molecule has 0 amide bonds. The Labute approximate surface area is 111 Å². The Morgan fingerprint density at radius 3 is 2.83 bits per heavy atom. The van der Waals surface area contributed by atoms with Crippen LogP contribution in [0.4, 0.5) is 0 Å². The van der Waals surface area contributed by atoms with Crippen LogP contribution >= 0.6 is 11.6 Å². The zero-order valence-electron chi connectivity index (χ0n) is 10.9. The van der Waals surface area contributed by atoms with Gasteiger partial charge in [-0.3, -0.25) is 0 Å². The van der Waals surface area contributed by atoms with Crippen molar-refractivity contribution in [2.45, 2.75) is 38.6 Å². The number of aryl methyl sites for hydroxylation is 1. The lowest BCUT2D eigenvalue weighted by atomic mass is 10.3. The molecule has 98 valence electrons. The zero-order chi connectivity index (χ0) is 13.1. The first-order valence-corrected chi connectivity index (χ1v) is 6.51. The van der Waals surface area contributed by atoms with Crippen LogP contribution in [0.15, 0.2) is 6.33 Å². The van der Waals surface area contributed by atoms with Crippen molar-refractivity contribution in [3.05, 3.63) is 12.2 Å². The number of aromatic nitrogens is 4. The van der Waals surface area contributed by atoms with Gasteiger partial charge in [0.05, 0.1) is 12.5 Å². The van der Waals surface area contributed by atoms with E-state index in [4.69, 9.17) is 16.3 Å². The highest BCUT2D eigenvalue weighted by molar-refractivity contribution is 6.20. The highest BCUT2D eigenvalue weighted by Crippen LogP contribution is 2.27. The van der Waals surface area contributed by atoms with Crippen LogP contribution in [-0.4, -0.2) is 26.6 Å². The summed E-state index contributed by atoms with van der Waals surface area (Å²) in [5.74, 6) is 1.31. The molecule has 2 heterocycles. The Hall–Kier alpha value is -1.36. The predicted molar refractivity (Wildman–Crippen MR) is 71.1 cm³/mol. The molecule has 2 rings (SSSR count). The molecule has 5 nitrogen and oxygen atoms in total. The monoisotopic (exact) mass is 268 g/mol. The number of rotatable bonds is 5. The highest BCUT2D eigenvalue weighted by Gasteiger charge is 2.18. The van der Waals surface area contributed by atoms with E-state index in [0.717, 1.165) is 30.9 Å². The fourth-order valence-corrected chi connectivity index (χ4v) is 2.09. The molecule has 0 spiro atoms. The Morgan fingerprint density at radius 1 is 1.44 bits per heavy atom. The second-order valence-electron chi connectivity index (χ2n) is 4.15. The Morgan fingerprint density at radius 2 is 2.22 bits per heavy atom. The van der Waals surface area contributed by atoms with Gasteiger partial charge in [0.2, 0.25) is 5.88 Å². The van der Waals surface area contributed by atoms with Gasteiger partial charge in [0.15, 0.2) is 11.2 Å². The molecule has 18 heavy (non-hydrogen) atoms. The first kappa shape index (κ1) is 13.1. The molecule has 0 saturated heterocycles.